The lowest BCUT2D eigenvalue weighted by molar-refractivity contribution is 0.278. The quantitative estimate of drug-likeness (QED) is 0.512. The summed E-state index contributed by atoms with van der Waals surface area (Å²) in [5, 5.41) is 9.58. The van der Waals surface area contributed by atoms with Crippen LogP contribution in [0.5, 0.6) is 0 Å². The van der Waals surface area contributed by atoms with Crippen molar-refractivity contribution in [2.24, 2.45) is 0 Å². The average molecular weight is 353 g/mol. The van der Waals surface area contributed by atoms with E-state index >= 15 is 0 Å². The molecule has 1 N–H and O–H groups in total. The second-order valence-electron chi connectivity index (χ2n) is 6.60. The summed E-state index contributed by atoms with van der Waals surface area (Å²) in [7, 11) is 0. The molecule has 0 spiro atoms. The van der Waals surface area contributed by atoms with Crippen molar-refractivity contribution >= 4 is 16.8 Å². The van der Waals surface area contributed by atoms with Crippen LogP contribution in [0.3, 0.4) is 0 Å². The Morgan fingerprint density at radius 3 is 2.19 bits per heavy atom. The van der Waals surface area contributed by atoms with Gasteiger partial charge in [0.05, 0.1) is 23.3 Å². The Morgan fingerprint density at radius 1 is 0.741 bits per heavy atom. The van der Waals surface area contributed by atoms with Gasteiger partial charge < -0.3 is 9.67 Å². The highest BCUT2D eigenvalue weighted by molar-refractivity contribution is 5.81. The molecule has 0 aliphatic rings. The fourth-order valence-electron chi connectivity index (χ4n) is 3.66. The van der Waals surface area contributed by atoms with E-state index in [-0.39, 0.29) is 6.61 Å². The van der Waals surface area contributed by atoms with Gasteiger partial charge in [-0.2, -0.15) is 0 Å². The number of benzene rings is 3. The summed E-state index contributed by atoms with van der Waals surface area (Å²) in [5.74, 6) is 0.854. The predicted molar refractivity (Wildman–Crippen MR) is 109 cm³/mol. The van der Waals surface area contributed by atoms with Gasteiger partial charge in [-0.3, -0.25) is 4.40 Å². The summed E-state index contributed by atoms with van der Waals surface area (Å²) in [6.07, 6.45) is 2.11. The number of nitrogens with zero attached hydrogens (tertiary/aromatic N) is 3. The monoisotopic (exact) mass is 353 g/mol. The van der Waals surface area contributed by atoms with Gasteiger partial charge in [0.1, 0.15) is 0 Å². The number of hydrogen-bond donors (Lipinski definition) is 1. The van der Waals surface area contributed by atoms with Crippen molar-refractivity contribution in [2.75, 3.05) is 6.61 Å². The summed E-state index contributed by atoms with van der Waals surface area (Å²) >= 11 is 0. The fraction of sp³-hybridized carbons (Fsp3) is 0.0870. The topological polar surface area (TPSA) is 42.5 Å². The predicted octanol–water partition coefficient (Wildman–Crippen LogP) is 4.62. The SMILES string of the molecule is OCCn1c(-c2ccc(-c3ccccc3)cc2)cn2c3ccccc3nc12. The second kappa shape index (κ2) is 6.41. The van der Waals surface area contributed by atoms with Crippen molar-refractivity contribution in [3.63, 3.8) is 0 Å². The van der Waals surface area contributed by atoms with Crippen molar-refractivity contribution < 1.29 is 5.11 Å². The number of para-hydroxylation sites is 2. The first kappa shape index (κ1) is 15.9. The number of fused-ring (bicyclic) bond motifs is 3. The molecule has 0 bridgehead atoms. The Kier molecular flexibility index (Phi) is 3.77. The van der Waals surface area contributed by atoms with Gasteiger partial charge in [0.2, 0.25) is 5.78 Å². The van der Waals surface area contributed by atoms with Crippen LogP contribution in [0.15, 0.2) is 85.1 Å². The standard InChI is InChI=1S/C23H19N3O/c27-15-14-25-22(16-26-21-9-5-4-8-20(21)24-23(25)26)19-12-10-18(11-13-19)17-6-2-1-3-7-17/h1-13,16,27H,14-15H2. The van der Waals surface area contributed by atoms with E-state index in [4.69, 9.17) is 4.98 Å². The van der Waals surface area contributed by atoms with Crippen LogP contribution >= 0.6 is 0 Å². The Balaban J connectivity index is 1.64. The Morgan fingerprint density at radius 2 is 1.41 bits per heavy atom. The Hall–Kier alpha value is -3.37. The smallest absolute Gasteiger partial charge is 0.215 e. The van der Waals surface area contributed by atoms with Crippen LogP contribution in [0.1, 0.15) is 0 Å². The summed E-state index contributed by atoms with van der Waals surface area (Å²) in [6.45, 7) is 0.582. The zero-order valence-electron chi connectivity index (χ0n) is 14.8. The lowest BCUT2D eigenvalue weighted by Crippen LogP contribution is -2.04. The summed E-state index contributed by atoms with van der Waals surface area (Å²) < 4.78 is 4.18. The van der Waals surface area contributed by atoms with Gasteiger partial charge in [0, 0.05) is 12.7 Å². The Labute approximate surface area is 157 Å². The van der Waals surface area contributed by atoms with Gasteiger partial charge in [-0.25, -0.2) is 4.98 Å². The van der Waals surface area contributed by atoms with Crippen LogP contribution in [0, 0.1) is 0 Å². The van der Waals surface area contributed by atoms with Crippen molar-refractivity contribution in [3.8, 4) is 22.4 Å². The first-order valence-corrected chi connectivity index (χ1v) is 9.08. The van der Waals surface area contributed by atoms with E-state index in [9.17, 15) is 5.11 Å². The normalized spacial score (nSPS) is 11.4. The maximum Gasteiger partial charge on any atom is 0.215 e. The summed E-state index contributed by atoms with van der Waals surface area (Å²) in [4.78, 5) is 4.76. The van der Waals surface area contributed by atoms with Gasteiger partial charge in [0.25, 0.3) is 0 Å². The molecule has 2 aromatic heterocycles. The van der Waals surface area contributed by atoms with Crippen molar-refractivity contribution in [3.05, 3.63) is 85.1 Å². The molecule has 0 saturated heterocycles. The van der Waals surface area contributed by atoms with E-state index in [0.29, 0.717) is 6.54 Å². The van der Waals surface area contributed by atoms with Crippen LogP contribution in [-0.4, -0.2) is 25.7 Å². The van der Waals surface area contributed by atoms with Gasteiger partial charge in [-0.05, 0) is 28.8 Å². The maximum atomic E-state index is 9.58. The lowest BCUT2D eigenvalue weighted by Gasteiger charge is -2.08. The van der Waals surface area contributed by atoms with Crippen LogP contribution in [-0.2, 0) is 6.54 Å². The van der Waals surface area contributed by atoms with E-state index in [1.807, 2.05) is 24.3 Å². The number of hydrogen-bond acceptors (Lipinski definition) is 2. The molecule has 2 heterocycles. The molecular formula is C23H19N3O. The van der Waals surface area contributed by atoms with E-state index in [1.54, 1.807) is 0 Å². The molecule has 0 aliphatic carbocycles. The molecule has 5 rings (SSSR count). The molecule has 0 amide bonds. The highest BCUT2D eigenvalue weighted by atomic mass is 16.3. The largest absolute Gasteiger partial charge is 0.395 e. The zero-order valence-corrected chi connectivity index (χ0v) is 14.8. The van der Waals surface area contributed by atoms with Crippen LogP contribution < -0.4 is 0 Å². The van der Waals surface area contributed by atoms with E-state index < -0.39 is 0 Å². The molecule has 0 aliphatic heterocycles. The highest BCUT2D eigenvalue weighted by Crippen LogP contribution is 2.28. The van der Waals surface area contributed by atoms with Gasteiger partial charge in [0.15, 0.2) is 0 Å². The van der Waals surface area contributed by atoms with Crippen LogP contribution in [0.25, 0.3) is 39.2 Å². The van der Waals surface area contributed by atoms with Crippen LogP contribution in [0.2, 0.25) is 0 Å². The molecule has 4 heteroatoms. The first-order valence-electron chi connectivity index (χ1n) is 9.08. The average Bonchev–Trinajstić information content (AvgIpc) is 3.26. The minimum absolute atomic E-state index is 0.0721. The molecule has 132 valence electrons. The van der Waals surface area contributed by atoms with Gasteiger partial charge in [-0.1, -0.05) is 66.7 Å². The van der Waals surface area contributed by atoms with Crippen molar-refractivity contribution in [2.45, 2.75) is 6.54 Å². The van der Waals surface area contributed by atoms with Gasteiger partial charge >= 0.3 is 0 Å². The number of aliphatic hydroxyl groups is 1. The number of aliphatic hydroxyl groups excluding tert-OH is 1. The molecular weight excluding hydrogens is 334 g/mol. The van der Waals surface area contributed by atoms with Crippen molar-refractivity contribution in [1.29, 1.82) is 0 Å². The third-order valence-electron chi connectivity index (χ3n) is 4.97. The van der Waals surface area contributed by atoms with E-state index in [1.165, 1.54) is 11.1 Å². The summed E-state index contributed by atoms with van der Waals surface area (Å²) in [6, 6.07) is 27.0. The molecule has 0 radical (unpaired) electrons. The van der Waals surface area contributed by atoms with E-state index in [0.717, 1.165) is 28.1 Å². The molecule has 0 saturated carbocycles. The summed E-state index contributed by atoms with van der Waals surface area (Å²) in [5.41, 5.74) is 6.59. The molecule has 0 unspecified atom stereocenters. The van der Waals surface area contributed by atoms with Gasteiger partial charge in [-0.15, -0.1) is 0 Å². The second-order valence-corrected chi connectivity index (χ2v) is 6.60. The molecule has 4 nitrogen and oxygen atoms in total. The Bertz CT molecular complexity index is 1220. The number of rotatable bonds is 4. The van der Waals surface area contributed by atoms with Crippen LogP contribution in [0.4, 0.5) is 0 Å². The first-order chi connectivity index (χ1) is 13.3. The molecule has 0 atom stereocenters. The lowest BCUT2D eigenvalue weighted by atomic mass is 10.0. The fourth-order valence-corrected chi connectivity index (χ4v) is 3.66. The molecule has 3 aromatic carbocycles. The van der Waals surface area contributed by atoms with Crippen molar-refractivity contribution in [1.82, 2.24) is 14.0 Å². The molecule has 5 aromatic rings. The number of aromatic nitrogens is 3. The minimum Gasteiger partial charge on any atom is -0.395 e. The zero-order chi connectivity index (χ0) is 18.2. The number of imidazole rings is 2. The molecule has 0 fully saturated rings. The highest BCUT2D eigenvalue weighted by Gasteiger charge is 2.15. The minimum atomic E-state index is 0.0721. The van der Waals surface area contributed by atoms with E-state index in [2.05, 4.69) is 69.8 Å². The molecule has 27 heavy (non-hydrogen) atoms. The third-order valence-corrected chi connectivity index (χ3v) is 4.97. The third kappa shape index (κ3) is 2.62. The maximum absolute atomic E-state index is 9.58.